The molecule has 0 unspecified atom stereocenters. The van der Waals surface area contributed by atoms with E-state index in [1.165, 1.54) is 0 Å². The van der Waals surface area contributed by atoms with Crippen LogP contribution in [0.15, 0.2) is 52.9 Å². The zero-order chi connectivity index (χ0) is 25.5. The summed E-state index contributed by atoms with van der Waals surface area (Å²) in [6.45, 7) is 2.25. The van der Waals surface area contributed by atoms with Gasteiger partial charge in [0.25, 0.3) is 11.8 Å². The Kier molecular flexibility index (Phi) is 7.94. The summed E-state index contributed by atoms with van der Waals surface area (Å²) < 4.78 is 11.3. The second-order valence-electron chi connectivity index (χ2n) is 8.67. The fourth-order valence-corrected chi connectivity index (χ4v) is 4.04. The molecule has 1 aromatic heterocycles. The average Bonchev–Trinajstić information content (AvgIpc) is 3.33. The van der Waals surface area contributed by atoms with Gasteiger partial charge in [0.1, 0.15) is 5.75 Å². The summed E-state index contributed by atoms with van der Waals surface area (Å²) in [5, 5.41) is 22.4. The molecular formula is C26H28N4O6. The van der Waals surface area contributed by atoms with E-state index < -0.39 is 5.97 Å². The molecule has 3 N–H and O–H groups in total. The molecule has 1 fully saturated rings. The topological polar surface area (TPSA) is 144 Å². The lowest BCUT2D eigenvalue weighted by Gasteiger charge is -2.26. The Morgan fingerprint density at radius 3 is 1.94 bits per heavy atom. The van der Waals surface area contributed by atoms with Crippen LogP contribution in [0.3, 0.4) is 0 Å². The van der Waals surface area contributed by atoms with E-state index in [0.29, 0.717) is 54.3 Å². The molecule has 1 saturated carbocycles. The molecule has 2 aromatic carbocycles. The monoisotopic (exact) mass is 492 g/mol. The summed E-state index contributed by atoms with van der Waals surface area (Å²) in [5.41, 5.74) is 1.69. The van der Waals surface area contributed by atoms with Crippen molar-refractivity contribution in [3.8, 4) is 17.2 Å². The Morgan fingerprint density at radius 1 is 0.889 bits per heavy atom. The summed E-state index contributed by atoms with van der Waals surface area (Å²) in [7, 11) is 0. The normalized spacial score (nSPS) is 17.2. The standard InChI is InChI=1S/C26H28N4O6/c1-16-29-30-25(35-16)19-4-2-17(3-5-19)23(31)27-14-15-28-24(32)18-6-10-21(11-7-18)36-22-12-8-20(9-13-22)26(33)34/h2-7,10-11,20,22H,8-9,12-15H2,1H3,(H,27,31)(H,28,32)(H,33,34). The number of ether oxygens (including phenoxy) is 1. The minimum Gasteiger partial charge on any atom is -0.490 e. The molecule has 4 rings (SSSR count). The van der Waals surface area contributed by atoms with Crippen molar-refractivity contribution in [2.75, 3.05) is 13.1 Å². The molecule has 1 aliphatic carbocycles. The van der Waals surface area contributed by atoms with Crippen molar-refractivity contribution in [1.29, 1.82) is 0 Å². The van der Waals surface area contributed by atoms with E-state index in [1.54, 1.807) is 55.5 Å². The van der Waals surface area contributed by atoms with E-state index in [9.17, 15) is 14.4 Å². The number of nitrogens with zero attached hydrogens (tertiary/aromatic N) is 2. The molecule has 0 atom stereocenters. The number of aliphatic carboxylic acids is 1. The van der Waals surface area contributed by atoms with E-state index in [-0.39, 0.29) is 36.9 Å². The van der Waals surface area contributed by atoms with Gasteiger partial charge in [0.2, 0.25) is 11.8 Å². The van der Waals surface area contributed by atoms with Gasteiger partial charge in [-0.05, 0) is 74.2 Å². The van der Waals surface area contributed by atoms with Crippen LogP contribution in [0.4, 0.5) is 0 Å². The lowest BCUT2D eigenvalue weighted by atomic mass is 9.87. The number of benzene rings is 2. The highest BCUT2D eigenvalue weighted by Gasteiger charge is 2.26. The quantitative estimate of drug-likeness (QED) is 0.386. The fraction of sp³-hybridized carbons (Fsp3) is 0.346. The van der Waals surface area contributed by atoms with Crippen LogP contribution in [0.2, 0.25) is 0 Å². The lowest BCUT2D eigenvalue weighted by molar-refractivity contribution is -0.143. The van der Waals surface area contributed by atoms with Crippen LogP contribution in [0.1, 0.15) is 52.3 Å². The van der Waals surface area contributed by atoms with Crippen LogP contribution in [0.5, 0.6) is 5.75 Å². The van der Waals surface area contributed by atoms with Gasteiger partial charge in [0.05, 0.1) is 12.0 Å². The first kappa shape index (κ1) is 24.9. The molecule has 1 aliphatic rings. The summed E-state index contributed by atoms with van der Waals surface area (Å²) in [4.78, 5) is 35.8. The van der Waals surface area contributed by atoms with E-state index in [2.05, 4.69) is 20.8 Å². The number of carboxylic acid groups (broad SMARTS) is 1. The molecule has 10 heteroatoms. The maximum absolute atomic E-state index is 12.4. The molecule has 0 saturated heterocycles. The van der Waals surface area contributed by atoms with Crippen LogP contribution in [0.25, 0.3) is 11.5 Å². The molecule has 0 radical (unpaired) electrons. The van der Waals surface area contributed by atoms with Gasteiger partial charge in [0, 0.05) is 36.7 Å². The molecule has 0 bridgehead atoms. The van der Waals surface area contributed by atoms with Gasteiger partial charge >= 0.3 is 5.97 Å². The van der Waals surface area contributed by atoms with Crippen LogP contribution in [-0.4, -0.2) is 52.3 Å². The zero-order valence-electron chi connectivity index (χ0n) is 19.9. The number of rotatable bonds is 9. The highest BCUT2D eigenvalue weighted by molar-refractivity contribution is 5.95. The number of nitrogens with one attached hydrogen (secondary N) is 2. The Hall–Kier alpha value is -4.21. The van der Waals surface area contributed by atoms with E-state index in [4.69, 9.17) is 14.3 Å². The Balaban J connectivity index is 1.17. The molecule has 1 heterocycles. The van der Waals surface area contributed by atoms with Crippen LogP contribution in [-0.2, 0) is 4.79 Å². The maximum atomic E-state index is 12.4. The smallest absolute Gasteiger partial charge is 0.306 e. The third-order valence-electron chi connectivity index (χ3n) is 6.06. The molecular weight excluding hydrogens is 464 g/mol. The number of carbonyl (C=O) groups is 3. The molecule has 0 spiro atoms. The summed E-state index contributed by atoms with van der Waals surface area (Å²) in [6.07, 6.45) is 2.62. The van der Waals surface area contributed by atoms with Gasteiger partial charge < -0.3 is 24.9 Å². The minimum absolute atomic E-state index is 0.0110. The first-order chi connectivity index (χ1) is 17.4. The Labute approximate surface area is 208 Å². The highest BCUT2D eigenvalue weighted by atomic mass is 16.5. The molecule has 36 heavy (non-hydrogen) atoms. The van der Waals surface area contributed by atoms with E-state index in [1.807, 2.05) is 0 Å². The number of amides is 2. The van der Waals surface area contributed by atoms with E-state index in [0.717, 1.165) is 5.56 Å². The Morgan fingerprint density at radius 2 is 1.44 bits per heavy atom. The number of carboxylic acids is 1. The molecule has 2 amide bonds. The zero-order valence-corrected chi connectivity index (χ0v) is 19.9. The number of hydrogen-bond acceptors (Lipinski definition) is 7. The minimum atomic E-state index is -0.742. The molecule has 0 aliphatic heterocycles. The van der Waals surface area contributed by atoms with Gasteiger partial charge in [-0.3, -0.25) is 14.4 Å². The van der Waals surface area contributed by atoms with Gasteiger partial charge in [-0.15, -0.1) is 10.2 Å². The molecule has 188 valence electrons. The summed E-state index contributed by atoms with van der Waals surface area (Å²) in [5.74, 6) is -0.0205. The lowest BCUT2D eigenvalue weighted by Crippen LogP contribution is -2.34. The van der Waals surface area contributed by atoms with E-state index >= 15 is 0 Å². The predicted molar refractivity (Wildman–Crippen MR) is 130 cm³/mol. The van der Waals surface area contributed by atoms with Crippen molar-refractivity contribution in [2.45, 2.75) is 38.7 Å². The Bertz CT molecular complexity index is 1200. The SMILES string of the molecule is Cc1nnc(-c2ccc(C(=O)NCCNC(=O)c3ccc(OC4CCC(C(=O)O)CC4)cc3)cc2)o1. The third-order valence-corrected chi connectivity index (χ3v) is 6.06. The van der Waals surface area contributed by atoms with Gasteiger partial charge in [0.15, 0.2) is 0 Å². The van der Waals surface area contributed by atoms with Gasteiger partial charge in [-0.1, -0.05) is 0 Å². The van der Waals surface area contributed by atoms with Crippen LogP contribution in [0, 0.1) is 12.8 Å². The van der Waals surface area contributed by atoms with Crippen LogP contribution < -0.4 is 15.4 Å². The van der Waals surface area contributed by atoms with Crippen molar-refractivity contribution in [2.24, 2.45) is 5.92 Å². The predicted octanol–water partition coefficient (Wildman–Crippen LogP) is 3.23. The van der Waals surface area contributed by atoms with Gasteiger partial charge in [-0.25, -0.2) is 0 Å². The van der Waals surface area contributed by atoms with Crippen molar-refractivity contribution in [3.63, 3.8) is 0 Å². The van der Waals surface area contributed by atoms with Gasteiger partial charge in [-0.2, -0.15) is 0 Å². The first-order valence-electron chi connectivity index (χ1n) is 11.9. The fourth-order valence-electron chi connectivity index (χ4n) is 4.04. The number of aromatic nitrogens is 2. The number of hydrogen-bond donors (Lipinski definition) is 3. The molecule has 3 aromatic rings. The summed E-state index contributed by atoms with van der Waals surface area (Å²) >= 11 is 0. The van der Waals surface area contributed by atoms with Crippen molar-refractivity contribution in [1.82, 2.24) is 20.8 Å². The number of carbonyl (C=O) groups excluding carboxylic acids is 2. The number of aryl methyl sites for hydroxylation is 1. The largest absolute Gasteiger partial charge is 0.490 e. The molecule has 10 nitrogen and oxygen atoms in total. The van der Waals surface area contributed by atoms with Crippen molar-refractivity contribution < 1.29 is 28.6 Å². The van der Waals surface area contributed by atoms with Crippen molar-refractivity contribution in [3.05, 3.63) is 65.5 Å². The maximum Gasteiger partial charge on any atom is 0.306 e. The average molecular weight is 493 g/mol. The highest BCUT2D eigenvalue weighted by Crippen LogP contribution is 2.28. The van der Waals surface area contributed by atoms with Crippen molar-refractivity contribution >= 4 is 17.8 Å². The second kappa shape index (κ2) is 11.5. The first-order valence-corrected chi connectivity index (χ1v) is 11.9. The second-order valence-corrected chi connectivity index (χ2v) is 8.67. The third kappa shape index (κ3) is 6.47. The van der Waals surface area contributed by atoms with Crippen LogP contribution >= 0.6 is 0 Å². The summed E-state index contributed by atoms with van der Waals surface area (Å²) in [6, 6.07) is 13.6.